The Balaban J connectivity index is 1.41. The molecule has 2 aromatic carbocycles. The van der Waals surface area contributed by atoms with Gasteiger partial charge in [0.2, 0.25) is 5.91 Å². The summed E-state index contributed by atoms with van der Waals surface area (Å²) in [4.78, 5) is 27.4. The molecule has 176 valence electrons. The summed E-state index contributed by atoms with van der Waals surface area (Å²) in [6.07, 6.45) is 2.15. The van der Waals surface area contributed by atoms with Gasteiger partial charge in [0.15, 0.2) is 5.78 Å². The van der Waals surface area contributed by atoms with Crippen LogP contribution in [0.1, 0.15) is 30.4 Å². The maximum absolute atomic E-state index is 13.4. The molecule has 2 fully saturated rings. The molecule has 1 amide bonds. The monoisotopic (exact) mass is 512 g/mol. The maximum atomic E-state index is 13.4. The van der Waals surface area contributed by atoms with Gasteiger partial charge in [-0.1, -0.05) is 35.9 Å². The summed E-state index contributed by atoms with van der Waals surface area (Å²) in [5, 5.41) is 10.5. The van der Waals surface area contributed by atoms with E-state index >= 15 is 0 Å². The molecule has 0 aliphatic carbocycles. The zero-order chi connectivity index (χ0) is 23.5. The van der Waals surface area contributed by atoms with E-state index in [1.807, 2.05) is 59.3 Å². The molecule has 3 aromatic rings. The average molecular weight is 513 g/mol. The molecule has 0 bridgehead atoms. The van der Waals surface area contributed by atoms with Gasteiger partial charge in [-0.15, -0.1) is 11.8 Å². The number of halogens is 1. The Labute approximate surface area is 212 Å². The number of thioether (sulfide) groups is 1. The number of hydrogen-bond donors (Lipinski definition) is 2. The third-order valence-corrected chi connectivity index (χ3v) is 8.82. The minimum absolute atomic E-state index is 0.107. The van der Waals surface area contributed by atoms with E-state index in [9.17, 15) is 9.59 Å². The van der Waals surface area contributed by atoms with Gasteiger partial charge >= 0.3 is 0 Å². The summed E-state index contributed by atoms with van der Waals surface area (Å²) in [6.45, 7) is 1.55. The van der Waals surface area contributed by atoms with E-state index in [1.54, 1.807) is 17.4 Å². The fourth-order valence-electron chi connectivity index (χ4n) is 4.56. The molecule has 5 nitrogen and oxygen atoms in total. The summed E-state index contributed by atoms with van der Waals surface area (Å²) < 4.78 is 5.44. The molecule has 1 aromatic heterocycles. The van der Waals surface area contributed by atoms with Gasteiger partial charge in [0.1, 0.15) is 5.25 Å². The summed E-state index contributed by atoms with van der Waals surface area (Å²) in [5.41, 5.74) is 1.96. The lowest BCUT2D eigenvalue weighted by Crippen LogP contribution is -2.57. The van der Waals surface area contributed by atoms with Crippen LogP contribution in [-0.4, -0.2) is 36.2 Å². The molecule has 0 saturated carbocycles. The quantitative estimate of drug-likeness (QED) is 0.428. The van der Waals surface area contributed by atoms with Gasteiger partial charge < -0.3 is 15.4 Å². The van der Waals surface area contributed by atoms with Crippen LogP contribution in [0.4, 0.5) is 5.69 Å². The average Bonchev–Trinajstić information content (AvgIpc) is 3.39. The molecule has 0 radical (unpaired) electrons. The molecule has 2 atom stereocenters. The van der Waals surface area contributed by atoms with Crippen LogP contribution >= 0.6 is 34.7 Å². The van der Waals surface area contributed by atoms with Crippen LogP contribution in [-0.2, 0) is 19.9 Å². The first-order valence-electron chi connectivity index (χ1n) is 11.3. The van der Waals surface area contributed by atoms with Crippen LogP contribution in [0.3, 0.4) is 0 Å². The molecule has 3 heterocycles. The molecular formula is C26H25ClN2O3S2. The Morgan fingerprint density at radius 3 is 2.47 bits per heavy atom. The summed E-state index contributed by atoms with van der Waals surface area (Å²) in [7, 11) is 0. The van der Waals surface area contributed by atoms with Crippen LogP contribution in [0.2, 0.25) is 5.02 Å². The lowest BCUT2D eigenvalue weighted by molar-refractivity contribution is -0.132. The van der Waals surface area contributed by atoms with Crippen molar-refractivity contribution in [2.45, 2.75) is 41.0 Å². The number of Topliss-reactive ketones (excluding diaryl/α,β-unsaturated/α-hetero) is 1. The highest BCUT2D eigenvalue weighted by molar-refractivity contribution is 8.01. The highest BCUT2D eigenvalue weighted by Gasteiger charge is 2.47. The van der Waals surface area contributed by atoms with E-state index in [0.29, 0.717) is 11.1 Å². The Bertz CT molecular complexity index is 1140. The van der Waals surface area contributed by atoms with Crippen molar-refractivity contribution < 1.29 is 14.3 Å². The smallest absolute Gasteiger partial charge is 0.242 e. The lowest BCUT2D eigenvalue weighted by Gasteiger charge is -2.40. The Hall–Kier alpha value is -2.32. The number of ether oxygens (including phenoxy) is 1. The Kier molecular flexibility index (Phi) is 6.97. The van der Waals surface area contributed by atoms with E-state index in [2.05, 4.69) is 10.6 Å². The molecule has 2 saturated heterocycles. The number of rotatable bonds is 6. The zero-order valence-corrected chi connectivity index (χ0v) is 20.8. The molecule has 8 heteroatoms. The summed E-state index contributed by atoms with van der Waals surface area (Å²) in [5.74, 6) is -0.402. The van der Waals surface area contributed by atoms with Crippen molar-refractivity contribution in [2.75, 3.05) is 18.5 Å². The van der Waals surface area contributed by atoms with E-state index in [4.69, 9.17) is 16.3 Å². The van der Waals surface area contributed by atoms with Gasteiger partial charge in [0.05, 0.1) is 10.6 Å². The lowest BCUT2D eigenvalue weighted by atomic mass is 9.77. The summed E-state index contributed by atoms with van der Waals surface area (Å²) in [6, 6.07) is 17.7. The minimum Gasteiger partial charge on any atom is -0.382 e. The van der Waals surface area contributed by atoms with Gasteiger partial charge in [0.25, 0.3) is 0 Å². The third-order valence-electron chi connectivity index (χ3n) is 6.37. The number of amides is 1. The van der Waals surface area contributed by atoms with E-state index < -0.39 is 10.8 Å². The van der Waals surface area contributed by atoms with Crippen LogP contribution in [0.25, 0.3) is 0 Å². The molecule has 34 heavy (non-hydrogen) atoms. The second-order valence-corrected chi connectivity index (χ2v) is 10.9. The number of ketones is 1. The normalized spacial score (nSPS) is 23.5. The fraction of sp³-hybridized carbons (Fsp3) is 0.308. The molecule has 2 aliphatic rings. The molecule has 5 rings (SSSR count). The highest BCUT2D eigenvalue weighted by atomic mass is 35.5. The van der Waals surface area contributed by atoms with Gasteiger partial charge in [-0.25, -0.2) is 0 Å². The second-order valence-electron chi connectivity index (χ2n) is 8.59. The van der Waals surface area contributed by atoms with E-state index in [-0.39, 0.29) is 18.1 Å². The predicted octanol–water partition coefficient (Wildman–Crippen LogP) is 5.49. The summed E-state index contributed by atoms with van der Waals surface area (Å²) >= 11 is 9.04. The van der Waals surface area contributed by atoms with Crippen molar-refractivity contribution >= 4 is 52.1 Å². The molecule has 2 unspecified atom stereocenters. The van der Waals surface area contributed by atoms with Crippen LogP contribution in [0.15, 0.2) is 70.3 Å². The van der Waals surface area contributed by atoms with E-state index in [0.717, 1.165) is 47.8 Å². The molecular weight excluding hydrogens is 488 g/mol. The standard InChI is InChI=1S/C26H25ClN2O3S2/c27-21-3-1-2-4-23(21)34-24-22(30)15-26(29-25(24)31,18-11-14-33-16-18)17-5-7-19(8-6-17)28-20-9-12-32-13-10-20/h1-8,11,14,16,20,24,28H,9-10,12-13,15H2,(H,29,31). The zero-order valence-electron chi connectivity index (χ0n) is 18.5. The van der Waals surface area contributed by atoms with Crippen molar-refractivity contribution in [1.82, 2.24) is 5.32 Å². The number of hydrogen-bond acceptors (Lipinski definition) is 6. The number of thiophene rings is 1. The number of carbonyl (C=O) groups is 2. The van der Waals surface area contributed by atoms with Crippen molar-refractivity contribution in [2.24, 2.45) is 0 Å². The number of piperidine rings is 1. The van der Waals surface area contributed by atoms with Crippen molar-refractivity contribution in [1.29, 1.82) is 0 Å². The van der Waals surface area contributed by atoms with Crippen LogP contribution < -0.4 is 10.6 Å². The van der Waals surface area contributed by atoms with Gasteiger partial charge in [0, 0.05) is 36.3 Å². The SMILES string of the molecule is O=C1CC(c2ccc(NC3CCOCC3)cc2)(c2ccsc2)NC(=O)C1Sc1ccccc1Cl. The molecule has 0 spiro atoms. The first kappa shape index (κ1) is 23.4. The maximum Gasteiger partial charge on any atom is 0.242 e. The van der Waals surface area contributed by atoms with Crippen molar-refractivity contribution in [3.05, 3.63) is 81.5 Å². The third kappa shape index (κ3) is 4.75. The van der Waals surface area contributed by atoms with Crippen LogP contribution in [0.5, 0.6) is 0 Å². The highest BCUT2D eigenvalue weighted by Crippen LogP contribution is 2.41. The number of nitrogens with one attached hydrogen (secondary N) is 2. The van der Waals surface area contributed by atoms with E-state index in [1.165, 1.54) is 11.8 Å². The number of benzene rings is 2. The number of carbonyl (C=O) groups excluding carboxylic acids is 2. The van der Waals surface area contributed by atoms with Gasteiger partial charge in [-0.3, -0.25) is 9.59 Å². The largest absolute Gasteiger partial charge is 0.382 e. The molecule has 2 aliphatic heterocycles. The molecule has 2 N–H and O–H groups in total. The minimum atomic E-state index is -0.886. The first-order chi connectivity index (χ1) is 16.5. The van der Waals surface area contributed by atoms with Crippen LogP contribution in [0, 0.1) is 0 Å². The Morgan fingerprint density at radius 2 is 1.79 bits per heavy atom. The van der Waals surface area contributed by atoms with Gasteiger partial charge in [-0.2, -0.15) is 11.3 Å². The predicted molar refractivity (Wildman–Crippen MR) is 138 cm³/mol. The second kappa shape index (κ2) is 10.1. The fourth-order valence-corrected chi connectivity index (χ4v) is 6.53. The van der Waals surface area contributed by atoms with Gasteiger partial charge in [-0.05, 0) is 65.1 Å². The number of anilines is 1. The van der Waals surface area contributed by atoms with Crippen molar-refractivity contribution in [3.8, 4) is 0 Å². The Morgan fingerprint density at radius 1 is 1.03 bits per heavy atom. The topological polar surface area (TPSA) is 67.4 Å². The van der Waals surface area contributed by atoms with Crippen molar-refractivity contribution in [3.63, 3.8) is 0 Å². The first-order valence-corrected chi connectivity index (χ1v) is 13.5.